The van der Waals surface area contributed by atoms with Gasteiger partial charge in [-0.05, 0) is 95.4 Å². The number of nitrogens with zero attached hydrogens (tertiary/aromatic N) is 4. The van der Waals surface area contributed by atoms with Gasteiger partial charge in [-0.2, -0.15) is 0 Å². The first-order chi connectivity index (χ1) is 27.3. The molecule has 5 heteroatoms. The number of aromatic nitrogens is 4. The number of furan rings is 1. The van der Waals surface area contributed by atoms with Crippen LogP contribution in [-0.4, -0.2) is 19.1 Å². The van der Waals surface area contributed by atoms with E-state index in [0.717, 1.165) is 57.0 Å². The van der Waals surface area contributed by atoms with Crippen molar-refractivity contribution in [3.63, 3.8) is 0 Å². The van der Waals surface area contributed by atoms with Gasteiger partial charge < -0.3 is 13.6 Å². The molecule has 12 rings (SSSR count). The molecule has 0 saturated heterocycles. The number of hydrogen-bond donors (Lipinski definition) is 0. The van der Waals surface area contributed by atoms with Crippen molar-refractivity contribution in [3.8, 4) is 33.8 Å². The van der Waals surface area contributed by atoms with Crippen LogP contribution in [0.15, 0.2) is 168 Å². The Balaban J connectivity index is 0.975. The number of para-hydroxylation sites is 2. The number of allylic oxidation sites excluding steroid dienone is 1. The molecule has 0 aliphatic heterocycles. The van der Waals surface area contributed by atoms with Crippen LogP contribution in [0, 0.1) is 0 Å². The summed E-state index contributed by atoms with van der Waals surface area (Å²) in [6.45, 7) is 0. The lowest BCUT2D eigenvalue weighted by atomic mass is 9.98. The van der Waals surface area contributed by atoms with E-state index in [1.54, 1.807) is 0 Å². The third-order valence-electron chi connectivity index (χ3n) is 11.4. The summed E-state index contributed by atoms with van der Waals surface area (Å²) in [6.07, 6.45) is 8.49. The van der Waals surface area contributed by atoms with Crippen molar-refractivity contribution < 1.29 is 4.42 Å². The van der Waals surface area contributed by atoms with E-state index in [9.17, 15) is 0 Å². The zero-order chi connectivity index (χ0) is 36.0. The molecule has 7 aromatic carbocycles. The first kappa shape index (κ1) is 30.2. The van der Waals surface area contributed by atoms with Crippen molar-refractivity contribution in [2.75, 3.05) is 0 Å². The molecule has 0 bridgehead atoms. The van der Waals surface area contributed by atoms with Gasteiger partial charge in [-0.3, -0.25) is 0 Å². The number of rotatable bonds is 4. The summed E-state index contributed by atoms with van der Waals surface area (Å²) in [7, 11) is 0. The smallest absolute Gasteiger partial charge is 0.246 e. The van der Waals surface area contributed by atoms with E-state index in [-0.39, 0.29) is 0 Å². The van der Waals surface area contributed by atoms with E-state index in [1.165, 1.54) is 60.8 Å². The summed E-state index contributed by atoms with van der Waals surface area (Å²) in [4.78, 5) is 9.94. The highest BCUT2D eigenvalue weighted by molar-refractivity contribution is 6.17. The normalized spacial score (nSPS) is 12.9. The summed E-state index contributed by atoms with van der Waals surface area (Å²) in [5.41, 5.74) is 14.9. The summed E-state index contributed by atoms with van der Waals surface area (Å²) in [5, 5.41) is 7.07. The Labute approximate surface area is 316 Å². The summed E-state index contributed by atoms with van der Waals surface area (Å²) in [5.74, 6) is 0. The molecular weight excluding hydrogens is 673 g/mol. The molecule has 0 unspecified atom stereocenters. The Morgan fingerprint density at radius 1 is 0.545 bits per heavy atom. The molecule has 55 heavy (non-hydrogen) atoms. The van der Waals surface area contributed by atoms with Crippen molar-refractivity contribution in [2.24, 2.45) is 0 Å². The van der Waals surface area contributed by atoms with Gasteiger partial charge in [0.2, 0.25) is 5.71 Å². The van der Waals surface area contributed by atoms with Crippen molar-refractivity contribution in [2.45, 2.75) is 12.8 Å². The van der Waals surface area contributed by atoms with E-state index in [2.05, 4.69) is 167 Å². The molecule has 1 aliphatic carbocycles. The van der Waals surface area contributed by atoms with Gasteiger partial charge in [-0.15, -0.1) is 0 Å². The lowest BCUT2D eigenvalue weighted by molar-refractivity contribution is 0.654. The molecule has 5 nitrogen and oxygen atoms in total. The molecule has 0 N–H and O–H groups in total. The van der Waals surface area contributed by atoms with E-state index >= 15 is 0 Å². The molecule has 1 aliphatic rings. The van der Waals surface area contributed by atoms with E-state index < -0.39 is 0 Å². The Morgan fingerprint density at radius 3 is 2.18 bits per heavy atom. The maximum Gasteiger partial charge on any atom is 0.246 e. The average Bonchev–Trinajstić information content (AvgIpc) is 3.91. The van der Waals surface area contributed by atoms with E-state index in [0.29, 0.717) is 5.71 Å². The van der Waals surface area contributed by atoms with Crippen LogP contribution in [0.4, 0.5) is 0 Å². The maximum atomic E-state index is 6.28. The van der Waals surface area contributed by atoms with Gasteiger partial charge in [0.15, 0.2) is 0 Å². The zero-order valence-corrected chi connectivity index (χ0v) is 29.8. The Kier molecular flexibility index (Phi) is 6.39. The second-order valence-electron chi connectivity index (χ2n) is 14.5. The third kappa shape index (κ3) is 4.53. The minimum absolute atomic E-state index is 0.554. The fourth-order valence-corrected chi connectivity index (χ4v) is 8.95. The molecule has 0 atom stereocenters. The van der Waals surface area contributed by atoms with Gasteiger partial charge >= 0.3 is 0 Å². The highest BCUT2D eigenvalue weighted by atomic mass is 16.3. The highest BCUT2D eigenvalue weighted by Crippen LogP contribution is 2.40. The first-order valence-electron chi connectivity index (χ1n) is 18.9. The number of hydrogen-bond acceptors (Lipinski definition) is 3. The number of fused-ring (bicyclic) bond motifs is 11. The Bertz CT molecular complexity index is 3380. The summed E-state index contributed by atoms with van der Waals surface area (Å²) in [6, 6.07) is 54.4. The minimum Gasteiger partial charge on any atom is -0.436 e. The van der Waals surface area contributed by atoms with Crippen LogP contribution >= 0.6 is 0 Å². The van der Waals surface area contributed by atoms with Gasteiger partial charge in [0.1, 0.15) is 11.1 Å². The highest BCUT2D eigenvalue weighted by Gasteiger charge is 2.21. The monoisotopic (exact) mass is 704 g/mol. The van der Waals surface area contributed by atoms with Gasteiger partial charge in [0, 0.05) is 44.4 Å². The Hall–Kier alpha value is -7.24. The molecular formula is C50H32N4O. The number of benzene rings is 7. The fraction of sp³-hybridized carbons (Fsp3) is 0.0400. The predicted molar refractivity (Wildman–Crippen MR) is 226 cm³/mol. The molecule has 258 valence electrons. The van der Waals surface area contributed by atoms with Crippen LogP contribution in [0.2, 0.25) is 0 Å². The molecule has 0 fully saturated rings. The second kappa shape index (κ2) is 11.6. The van der Waals surface area contributed by atoms with Crippen molar-refractivity contribution >= 4 is 71.8 Å². The lowest BCUT2D eigenvalue weighted by Gasteiger charge is -2.14. The van der Waals surface area contributed by atoms with Gasteiger partial charge in [-0.1, -0.05) is 103 Å². The van der Waals surface area contributed by atoms with Gasteiger partial charge in [-0.25, -0.2) is 9.97 Å². The van der Waals surface area contributed by atoms with Crippen LogP contribution in [0.1, 0.15) is 17.7 Å². The predicted octanol–water partition coefficient (Wildman–Crippen LogP) is 12.9. The van der Waals surface area contributed by atoms with Crippen LogP contribution in [0.3, 0.4) is 0 Å². The van der Waals surface area contributed by atoms with Crippen LogP contribution in [0.25, 0.3) is 106 Å². The molecule has 4 aromatic heterocycles. The minimum atomic E-state index is 0.554. The topological polar surface area (TPSA) is 48.8 Å². The summed E-state index contributed by atoms with van der Waals surface area (Å²) >= 11 is 0. The van der Waals surface area contributed by atoms with Crippen LogP contribution < -0.4 is 0 Å². The molecule has 0 amide bonds. The average molecular weight is 705 g/mol. The standard InChI is InChI=1S/C50H32N4O/c1-2-13-35(14-3-1)53-43-19-8-6-17-38(43)40-28-32(21-24-45(40)53)33-22-25-46-41(29-33)39-18-7-9-20-44(39)54(46)36-15-10-12-34(27-36)42-30-51-49-48-37-16-5-4-11-31(37)23-26-47(48)55-50(49)52-42/h1-8,10-19,21-30H,9,20H2. The van der Waals surface area contributed by atoms with Gasteiger partial charge in [0.25, 0.3) is 0 Å². The summed E-state index contributed by atoms with van der Waals surface area (Å²) < 4.78 is 11.1. The van der Waals surface area contributed by atoms with E-state index in [4.69, 9.17) is 14.4 Å². The zero-order valence-electron chi connectivity index (χ0n) is 29.8. The Morgan fingerprint density at radius 2 is 1.29 bits per heavy atom. The molecule has 4 heterocycles. The largest absolute Gasteiger partial charge is 0.436 e. The fourth-order valence-electron chi connectivity index (χ4n) is 8.95. The second-order valence-corrected chi connectivity index (χ2v) is 14.5. The van der Waals surface area contributed by atoms with Gasteiger partial charge in [0.05, 0.1) is 33.8 Å². The van der Waals surface area contributed by atoms with E-state index in [1.807, 2.05) is 12.3 Å². The quantitative estimate of drug-likeness (QED) is 0.183. The van der Waals surface area contributed by atoms with Crippen molar-refractivity contribution in [3.05, 3.63) is 175 Å². The first-order valence-corrected chi connectivity index (χ1v) is 18.9. The van der Waals surface area contributed by atoms with Crippen molar-refractivity contribution in [1.82, 2.24) is 19.1 Å². The SMILES string of the molecule is C1=Cc2c(n(-c3cccc(-c4cnc5c(n4)oc4ccc6ccccc6c45)c3)c3ccc(-c4ccc5c(c4)c4ccccc4n5-c4ccccc4)cc23)CC1. The molecule has 11 aromatic rings. The maximum absolute atomic E-state index is 6.28. The third-order valence-corrected chi connectivity index (χ3v) is 11.4. The lowest BCUT2D eigenvalue weighted by Crippen LogP contribution is -2.03. The molecule has 0 radical (unpaired) electrons. The molecule has 0 spiro atoms. The molecule has 0 saturated carbocycles. The van der Waals surface area contributed by atoms with Crippen LogP contribution in [0.5, 0.6) is 0 Å². The van der Waals surface area contributed by atoms with Crippen molar-refractivity contribution in [1.29, 1.82) is 0 Å². The van der Waals surface area contributed by atoms with Crippen LogP contribution in [-0.2, 0) is 6.42 Å².